The Hall–Kier alpha value is -3.51. The SMILES string of the molecule is CC(=O)N1CCN(Cc2c(-c3ccc(F)cc3)nc3ccc(-c4ccccc4)cn23)CC1. The maximum atomic E-state index is 13.6. The van der Waals surface area contributed by atoms with Crippen molar-refractivity contribution in [2.75, 3.05) is 26.2 Å². The minimum Gasteiger partial charge on any atom is -0.340 e. The predicted molar refractivity (Wildman–Crippen MR) is 124 cm³/mol. The van der Waals surface area contributed by atoms with Gasteiger partial charge in [0.2, 0.25) is 5.91 Å². The van der Waals surface area contributed by atoms with Crippen LogP contribution in [0, 0.1) is 5.82 Å². The third kappa shape index (κ3) is 4.01. The number of imidazole rings is 1. The molecular formula is C26H25FN4O. The molecule has 1 aliphatic rings. The molecule has 5 nitrogen and oxygen atoms in total. The number of halogens is 1. The third-order valence-electron chi connectivity index (χ3n) is 6.13. The molecule has 1 amide bonds. The van der Waals surface area contributed by atoms with Crippen LogP contribution in [-0.2, 0) is 11.3 Å². The zero-order valence-corrected chi connectivity index (χ0v) is 18.0. The predicted octanol–water partition coefficient (Wildman–Crippen LogP) is 4.47. The van der Waals surface area contributed by atoms with E-state index in [1.54, 1.807) is 19.1 Å². The van der Waals surface area contributed by atoms with Crippen LogP contribution in [0.3, 0.4) is 0 Å². The Morgan fingerprint density at radius 2 is 1.56 bits per heavy atom. The average molecular weight is 429 g/mol. The number of carbonyl (C=O) groups excluding carboxylic acids is 1. The summed E-state index contributed by atoms with van der Waals surface area (Å²) in [7, 11) is 0. The summed E-state index contributed by atoms with van der Waals surface area (Å²) in [5.41, 5.74) is 5.95. The van der Waals surface area contributed by atoms with Gasteiger partial charge in [0.1, 0.15) is 11.5 Å². The fourth-order valence-electron chi connectivity index (χ4n) is 4.32. The molecule has 2 aromatic carbocycles. The molecule has 2 aromatic heterocycles. The van der Waals surface area contributed by atoms with Gasteiger partial charge in [0.25, 0.3) is 0 Å². The second-order valence-corrected chi connectivity index (χ2v) is 8.21. The van der Waals surface area contributed by atoms with E-state index in [9.17, 15) is 9.18 Å². The zero-order valence-electron chi connectivity index (χ0n) is 18.0. The summed E-state index contributed by atoms with van der Waals surface area (Å²) in [6, 6.07) is 20.9. The average Bonchev–Trinajstić information content (AvgIpc) is 3.18. The number of piperazine rings is 1. The summed E-state index contributed by atoms with van der Waals surface area (Å²) in [5.74, 6) is -0.135. The number of aromatic nitrogens is 2. The van der Waals surface area contributed by atoms with E-state index in [0.29, 0.717) is 6.54 Å². The van der Waals surface area contributed by atoms with Gasteiger partial charge in [-0.3, -0.25) is 9.69 Å². The van der Waals surface area contributed by atoms with E-state index in [1.165, 1.54) is 12.1 Å². The maximum Gasteiger partial charge on any atom is 0.219 e. The van der Waals surface area contributed by atoms with Gasteiger partial charge in [0.15, 0.2) is 0 Å². The molecule has 3 heterocycles. The molecule has 162 valence electrons. The van der Waals surface area contributed by atoms with Gasteiger partial charge >= 0.3 is 0 Å². The summed E-state index contributed by atoms with van der Waals surface area (Å²) in [4.78, 5) is 20.8. The lowest BCUT2D eigenvalue weighted by Gasteiger charge is -2.34. The van der Waals surface area contributed by atoms with Crippen molar-refractivity contribution in [3.63, 3.8) is 0 Å². The van der Waals surface area contributed by atoms with Crippen molar-refractivity contribution in [2.24, 2.45) is 0 Å². The molecule has 5 rings (SSSR count). The number of rotatable bonds is 4. The van der Waals surface area contributed by atoms with E-state index in [2.05, 4.69) is 33.7 Å². The number of hydrogen-bond acceptors (Lipinski definition) is 3. The van der Waals surface area contributed by atoms with Gasteiger partial charge in [-0.15, -0.1) is 0 Å². The normalized spacial score (nSPS) is 14.8. The second-order valence-electron chi connectivity index (χ2n) is 8.21. The first-order chi connectivity index (χ1) is 15.6. The van der Waals surface area contributed by atoms with Gasteiger partial charge < -0.3 is 9.30 Å². The molecular weight excluding hydrogens is 403 g/mol. The molecule has 1 fully saturated rings. The van der Waals surface area contributed by atoms with Gasteiger partial charge in [-0.25, -0.2) is 9.37 Å². The van der Waals surface area contributed by atoms with Crippen LogP contribution in [0.25, 0.3) is 28.0 Å². The van der Waals surface area contributed by atoms with Crippen LogP contribution < -0.4 is 0 Å². The second kappa shape index (κ2) is 8.55. The molecule has 1 saturated heterocycles. The van der Waals surface area contributed by atoms with Crippen molar-refractivity contribution < 1.29 is 9.18 Å². The van der Waals surface area contributed by atoms with Gasteiger partial charge in [-0.2, -0.15) is 0 Å². The van der Waals surface area contributed by atoms with Crippen LogP contribution in [0.2, 0.25) is 0 Å². The third-order valence-corrected chi connectivity index (χ3v) is 6.13. The van der Waals surface area contributed by atoms with E-state index >= 15 is 0 Å². The maximum absolute atomic E-state index is 13.6. The highest BCUT2D eigenvalue weighted by Crippen LogP contribution is 2.29. The number of amides is 1. The Bertz CT molecular complexity index is 1240. The zero-order chi connectivity index (χ0) is 22.1. The van der Waals surface area contributed by atoms with Gasteiger partial charge in [-0.1, -0.05) is 30.3 Å². The quantitative estimate of drug-likeness (QED) is 0.482. The number of hydrogen-bond donors (Lipinski definition) is 0. The molecule has 0 aliphatic carbocycles. The van der Waals surface area contributed by atoms with Crippen LogP contribution in [0.4, 0.5) is 4.39 Å². The van der Waals surface area contributed by atoms with Crippen molar-refractivity contribution in [2.45, 2.75) is 13.5 Å². The Morgan fingerprint density at radius 1 is 0.875 bits per heavy atom. The number of pyridine rings is 1. The highest BCUT2D eigenvalue weighted by Gasteiger charge is 2.22. The monoisotopic (exact) mass is 428 g/mol. The largest absolute Gasteiger partial charge is 0.340 e. The molecule has 0 bridgehead atoms. The van der Waals surface area contributed by atoms with Crippen LogP contribution in [0.5, 0.6) is 0 Å². The minimum absolute atomic E-state index is 0.124. The molecule has 32 heavy (non-hydrogen) atoms. The van der Waals surface area contributed by atoms with Crippen LogP contribution in [-0.4, -0.2) is 51.3 Å². The Morgan fingerprint density at radius 3 is 2.25 bits per heavy atom. The fraction of sp³-hybridized carbons (Fsp3) is 0.231. The standard InChI is InChI=1S/C26H25FN4O/c1-19(32)30-15-13-29(14-16-30)18-24-26(21-7-10-23(27)11-8-21)28-25-12-9-22(17-31(24)25)20-5-3-2-4-6-20/h2-12,17H,13-16,18H2,1H3. The van der Waals surface area contributed by atoms with Crippen LogP contribution in [0.1, 0.15) is 12.6 Å². The Kier molecular flexibility index (Phi) is 5.45. The molecule has 0 unspecified atom stereocenters. The molecule has 0 N–H and O–H groups in total. The molecule has 4 aromatic rings. The topological polar surface area (TPSA) is 40.9 Å². The lowest BCUT2D eigenvalue weighted by molar-refractivity contribution is -0.130. The van der Waals surface area contributed by atoms with Crippen molar-refractivity contribution in [1.82, 2.24) is 19.2 Å². The van der Waals surface area contributed by atoms with Crippen LogP contribution >= 0.6 is 0 Å². The lowest BCUT2D eigenvalue weighted by Crippen LogP contribution is -2.47. The minimum atomic E-state index is -0.259. The van der Waals surface area contributed by atoms with Gasteiger partial charge in [-0.05, 0) is 47.5 Å². The Labute approximate surface area is 186 Å². The molecule has 1 aliphatic heterocycles. The smallest absolute Gasteiger partial charge is 0.219 e. The first-order valence-electron chi connectivity index (χ1n) is 10.9. The van der Waals surface area contributed by atoms with Crippen LogP contribution in [0.15, 0.2) is 72.9 Å². The van der Waals surface area contributed by atoms with Gasteiger partial charge in [0.05, 0.1) is 11.4 Å². The summed E-state index contributed by atoms with van der Waals surface area (Å²) in [6.45, 7) is 5.41. The number of benzene rings is 2. The van der Waals surface area contributed by atoms with E-state index in [0.717, 1.165) is 59.9 Å². The number of carbonyl (C=O) groups is 1. The first-order valence-corrected chi connectivity index (χ1v) is 10.9. The lowest BCUT2D eigenvalue weighted by atomic mass is 10.1. The van der Waals surface area contributed by atoms with Crippen molar-refractivity contribution >= 4 is 11.6 Å². The Balaban J connectivity index is 1.56. The van der Waals surface area contributed by atoms with Crippen molar-refractivity contribution in [3.8, 4) is 22.4 Å². The van der Waals surface area contributed by atoms with Crippen molar-refractivity contribution in [1.29, 1.82) is 0 Å². The number of nitrogens with zero attached hydrogens (tertiary/aromatic N) is 4. The number of fused-ring (bicyclic) bond motifs is 1. The summed E-state index contributed by atoms with van der Waals surface area (Å²) >= 11 is 0. The molecule has 0 atom stereocenters. The fourth-order valence-corrected chi connectivity index (χ4v) is 4.32. The van der Waals surface area contributed by atoms with E-state index in [1.807, 2.05) is 29.2 Å². The van der Waals surface area contributed by atoms with E-state index < -0.39 is 0 Å². The van der Waals surface area contributed by atoms with E-state index in [-0.39, 0.29) is 11.7 Å². The summed E-state index contributed by atoms with van der Waals surface area (Å²) in [6.07, 6.45) is 2.13. The van der Waals surface area contributed by atoms with E-state index in [4.69, 9.17) is 4.98 Å². The molecule has 0 spiro atoms. The summed E-state index contributed by atoms with van der Waals surface area (Å²) in [5, 5.41) is 0. The van der Waals surface area contributed by atoms with Crippen molar-refractivity contribution in [3.05, 3.63) is 84.4 Å². The molecule has 6 heteroatoms. The van der Waals surface area contributed by atoms with Gasteiger partial charge in [0, 0.05) is 51.4 Å². The summed E-state index contributed by atoms with van der Waals surface area (Å²) < 4.78 is 15.7. The molecule has 0 radical (unpaired) electrons. The highest BCUT2D eigenvalue weighted by atomic mass is 19.1. The first kappa shape index (κ1) is 20.4. The highest BCUT2D eigenvalue weighted by molar-refractivity contribution is 5.73. The molecule has 0 saturated carbocycles.